The van der Waals surface area contributed by atoms with E-state index in [4.69, 9.17) is 14.6 Å². The fraction of sp³-hybridized carbons (Fsp3) is 0.571. The Morgan fingerprint density at radius 1 is 1.25 bits per heavy atom. The molecule has 0 saturated carbocycles. The summed E-state index contributed by atoms with van der Waals surface area (Å²) in [5.74, 6) is 0.324. The summed E-state index contributed by atoms with van der Waals surface area (Å²) in [6.07, 6.45) is 0.640. The zero-order chi connectivity index (χ0) is 15.6. The van der Waals surface area contributed by atoms with Gasteiger partial charge >= 0.3 is 0 Å². The molecule has 0 aromatic heterocycles. The third-order valence-corrected chi connectivity index (χ3v) is 4.11. The van der Waals surface area contributed by atoms with Gasteiger partial charge in [-0.25, -0.2) is 13.6 Å². The van der Waals surface area contributed by atoms with Gasteiger partial charge in [0.25, 0.3) is 0 Å². The fourth-order valence-corrected chi connectivity index (χ4v) is 2.64. The first kappa shape index (κ1) is 16.9. The van der Waals surface area contributed by atoms with Crippen LogP contribution in [0.2, 0.25) is 0 Å². The SMILES string of the molecule is COC(C)(C)CCOc1c(C)cc(C)cc1S(N)(=O)=O. The molecule has 1 rings (SSSR count). The highest BCUT2D eigenvalue weighted by Gasteiger charge is 2.20. The van der Waals surface area contributed by atoms with Crippen LogP contribution < -0.4 is 9.88 Å². The van der Waals surface area contributed by atoms with E-state index in [9.17, 15) is 8.42 Å². The van der Waals surface area contributed by atoms with E-state index in [0.29, 0.717) is 18.8 Å². The first-order chi connectivity index (χ1) is 9.07. The topological polar surface area (TPSA) is 78.6 Å². The molecule has 0 heterocycles. The minimum atomic E-state index is -3.81. The van der Waals surface area contributed by atoms with Crippen LogP contribution in [0, 0.1) is 13.8 Å². The Bertz CT molecular complexity index is 579. The molecule has 0 bridgehead atoms. The highest BCUT2D eigenvalue weighted by molar-refractivity contribution is 7.89. The summed E-state index contributed by atoms with van der Waals surface area (Å²) in [4.78, 5) is 0.0326. The van der Waals surface area contributed by atoms with Gasteiger partial charge in [-0.2, -0.15) is 0 Å². The molecule has 2 N–H and O–H groups in total. The molecule has 6 heteroatoms. The van der Waals surface area contributed by atoms with Crippen molar-refractivity contribution in [2.45, 2.75) is 44.6 Å². The number of hydrogen-bond acceptors (Lipinski definition) is 4. The van der Waals surface area contributed by atoms with E-state index in [-0.39, 0.29) is 10.5 Å². The number of methoxy groups -OCH3 is 1. The Morgan fingerprint density at radius 3 is 2.35 bits per heavy atom. The summed E-state index contributed by atoms with van der Waals surface area (Å²) in [6.45, 7) is 7.86. The number of hydrogen-bond donors (Lipinski definition) is 1. The molecule has 0 aliphatic heterocycles. The van der Waals surface area contributed by atoms with Gasteiger partial charge in [-0.15, -0.1) is 0 Å². The summed E-state index contributed by atoms with van der Waals surface area (Å²) in [5, 5.41) is 5.25. The molecule has 0 radical (unpaired) electrons. The molecule has 5 nitrogen and oxygen atoms in total. The summed E-state index contributed by atoms with van der Waals surface area (Å²) in [6, 6.07) is 3.39. The Labute approximate surface area is 121 Å². The maximum Gasteiger partial charge on any atom is 0.241 e. The number of benzene rings is 1. The van der Waals surface area contributed by atoms with Crippen LogP contribution in [0.1, 0.15) is 31.4 Å². The second-order valence-corrected chi connectivity index (χ2v) is 7.05. The van der Waals surface area contributed by atoms with Crippen LogP contribution in [0.25, 0.3) is 0 Å². The largest absolute Gasteiger partial charge is 0.492 e. The molecule has 0 fully saturated rings. The molecular weight excluding hydrogens is 278 g/mol. The van der Waals surface area contributed by atoms with Crippen molar-refractivity contribution in [1.82, 2.24) is 0 Å². The van der Waals surface area contributed by atoms with Crippen molar-refractivity contribution in [3.05, 3.63) is 23.3 Å². The number of sulfonamides is 1. The fourth-order valence-electron chi connectivity index (χ4n) is 1.81. The Morgan fingerprint density at radius 2 is 1.85 bits per heavy atom. The first-order valence-corrected chi connectivity index (χ1v) is 7.93. The monoisotopic (exact) mass is 301 g/mol. The standard InChI is InChI=1S/C14H23NO4S/c1-10-8-11(2)13(12(9-10)20(15,16)17)19-7-6-14(3,4)18-5/h8-9H,6-7H2,1-5H3,(H2,15,16,17). The second-order valence-electron chi connectivity index (χ2n) is 5.52. The van der Waals surface area contributed by atoms with Crippen molar-refractivity contribution >= 4 is 10.0 Å². The molecule has 0 unspecified atom stereocenters. The molecule has 0 aliphatic carbocycles. The highest BCUT2D eigenvalue weighted by atomic mass is 32.2. The van der Waals surface area contributed by atoms with Crippen LogP contribution in [0.15, 0.2) is 17.0 Å². The van der Waals surface area contributed by atoms with E-state index in [1.165, 1.54) is 6.07 Å². The van der Waals surface area contributed by atoms with Gasteiger partial charge in [-0.1, -0.05) is 6.07 Å². The lowest BCUT2D eigenvalue weighted by atomic mass is 10.1. The van der Waals surface area contributed by atoms with E-state index in [1.54, 1.807) is 14.0 Å². The average Bonchev–Trinajstić information content (AvgIpc) is 2.30. The van der Waals surface area contributed by atoms with Gasteiger partial charge in [-0.3, -0.25) is 0 Å². The van der Waals surface area contributed by atoms with Crippen molar-refractivity contribution in [2.24, 2.45) is 5.14 Å². The van der Waals surface area contributed by atoms with E-state index < -0.39 is 10.0 Å². The van der Waals surface area contributed by atoms with E-state index >= 15 is 0 Å². The number of primary sulfonamides is 1. The van der Waals surface area contributed by atoms with Crippen LogP contribution in [-0.4, -0.2) is 27.7 Å². The normalized spacial score (nSPS) is 12.5. The number of aryl methyl sites for hydroxylation is 2. The van der Waals surface area contributed by atoms with Gasteiger partial charge in [-0.05, 0) is 44.9 Å². The third kappa shape index (κ3) is 4.47. The number of rotatable bonds is 6. The molecule has 0 atom stereocenters. The molecule has 0 aliphatic rings. The van der Waals surface area contributed by atoms with Gasteiger partial charge in [0, 0.05) is 13.5 Å². The number of nitrogens with two attached hydrogens (primary N) is 1. The van der Waals surface area contributed by atoms with Crippen molar-refractivity contribution in [1.29, 1.82) is 0 Å². The predicted molar refractivity (Wildman–Crippen MR) is 78.5 cm³/mol. The predicted octanol–water partition coefficient (Wildman–Crippen LogP) is 2.14. The zero-order valence-electron chi connectivity index (χ0n) is 12.7. The third-order valence-electron chi connectivity index (χ3n) is 3.19. The van der Waals surface area contributed by atoms with Gasteiger partial charge in [0.15, 0.2) is 0 Å². The summed E-state index contributed by atoms with van der Waals surface area (Å²) in [5.41, 5.74) is 1.26. The minimum absolute atomic E-state index is 0.0326. The molecule has 114 valence electrons. The number of ether oxygens (including phenoxy) is 2. The molecule has 0 saturated heterocycles. The van der Waals surface area contributed by atoms with Crippen molar-refractivity contribution in [3.63, 3.8) is 0 Å². The smallest absolute Gasteiger partial charge is 0.241 e. The van der Waals surface area contributed by atoms with Gasteiger partial charge < -0.3 is 9.47 Å². The van der Waals surface area contributed by atoms with Crippen LogP contribution in [0.4, 0.5) is 0 Å². The van der Waals surface area contributed by atoms with Crippen molar-refractivity contribution < 1.29 is 17.9 Å². The van der Waals surface area contributed by atoms with Gasteiger partial charge in [0.2, 0.25) is 10.0 Å². The van der Waals surface area contributed by atoms with Crippen LogP contribution in [0.3, 0.4) is 0 Å². The summed E-state index contributed by atoms with van der Waals surface area (Å²) >= 11 is 0. The summed E-state index contributed by atoms with van der Waals surface area (Å²) < 4.78 is 34.2. The second kappa shape index (κ2) is 6.11. The first-order valence-electron chi connectivity index (χ1n) is 6.39. The minimum Gasteiger partial charge on any atom is -0.492 e. The Hall–Kier alpha value is -1.11. The highest BCUT2D eigenvalue weighted by Crippen LogP contribution is 2.29. The maximum atomic E-state index is 11.6. The molecule has 0 amide bonds. The Balaban J connectivity index is 3.01. The molecule has 1 aromatic rings. The van der Waals surface area contributed by atoms with E-state index in [0.717, 1.165) is 11.1 Å². The van der Waals surface area contributed by atoms with Gasteiger partial charge in [0.05, 0.1) is 12.2 Å². The van der Waals surface area contributed by atoms with Crippen molar-refractivity contribution in [3.8, 4) is 5.75 Å². The summed E-state index contributed by atoms with van der Waals surface area (Å²) in [7, 11) is -2.17. The van der Waals surface area contributed by atoms with E-state index in [1.807, 2.05) is 26.8 Å². The van der Waals surface area contributed by atoms with Crippen LogP contribution in [0.5, 0.6) is 5.75 Å². The molecule has 1 aromatic carbocycles. The lowest BCUT2D eigenvalue weighted by Crippen LogP contribution is -2.25. The van der Waals surface area contributed by atoms with Crippen LogP contribution in [-0.2, 0) is 14.8 Å². The average molecular weight is 301 g/mol. The Kier molecular flexibility index (Phi) is 5.18. The lowest BCUT2D eigenvalue weighted by Gasteiger charge is -2.23. The lowest BCUT2D eigenvalue weighted by molar-refractivity contribution is 0.00516. The maximum absolute atomic E-state index is 11.6. The molecule has 0 spiro atoms. The van der Waals surface area contributed by atoms with Crippen LogP contribution >= 0.6 is 0 Å². The van der Waals surface area contributed by atoms with Crippen molar-refractivity contribution in [2.75, 3.05) is 13.7 Å². The van der Waals surface area contributed by atoms with E-state index in [2.05, 4.69) is 0 Å². The molecular formula is C14H23NO4S. The van der Waals surface area contributed by atoms with Gasteiger partial charge in [0.1, 0.15) is 10.6 Å². The quantitative estimate of drug-likeness (QED) is 0.873. The zero-order valence-corrected chi connectivity index (χ0v) is 13.5. The molecule has 20 heavy (non-hydrogen) atoms.